The van der Waals surface area contributed by atoms with Gasteiger partial charge in [0.05, 0.1) is 11.3 Å². The molecule has 0 saturated heterocycles. The van der Waals surface area contributed by atoms with E-state index < -0.39 is 0 Å². The first-order valence-electron chi connectivity index (χ1n) is 6.09. The topological polar surface area (TPSA) is 78.9 Å². The van der Waals surface area contributed by atoms with Crippen molar-refractivity contribution in [2.75, 3.05) is 16.8 Å². The number of nitrogens with one attached hydrogen (secondary N) is 1. The molecule has 0 aliphatic rings. The molecule has 1 unspecified atom stereocenters. The number of hydrogen-bond acceptors (Lipinski definition) is 5. The minimum absolute atomic E-state index is 0.0626. The number of nitrogens with two attached hydrogens (primary N) is 1. The number of anilines is 1. The Morgan fingerprint density at radius 1 is 1.58 bits per heavy atom. The molecule has 1 aromatic rings. The molecule has 6 heteroatoms. The maximum absolute atomic E-state index is 11.8. The van der Waals surface area contributed by atoms with Gasteiger partial charge in [-0.15, -0.1) is 11.3 Å². The van der Waals surface area contributed by atoms with E-state index in [-0.39, 0.29) is 11.9 Å². The van der Waals surface area contributed by atoms with Gasteiger partial charge in [0.2, 0.25) is 5.91 Å². The highest BCUT2D eigenvalue weighted by molar-refractivity contribution is 7.99. The molecular weight excluding hydrogens is 278 g/mol. The van der Waals surface area contributed by atoms with Gasteiger partial charge in [0.15, 0.2) is 0 Å². The molecule has 3 N–H and O–H groups in total. The Balaban J connectivity index is 2.49. The first-order valence-corrected chi connectivity index (χ1v) is 8.06. The largest absolute Gasteiger partial charge is 0.328 e. The minimum atomic E-state index is -0.0626. The van der Waals surface area contributed by atoms with E-state index in [1.54, 1.807) is 11.8 Å². The summed E-state index contributed by atoms with van der Waals surface area (Å²) in [7, 11) is 0. The van der Waals surface area contributed by atoms with E-state index in [0.717, 1.165) is 22.6 Å². The smallest absolute Gasteiger partial charge is 0.235 e. The second-order valence-electron chi connectivity index (χ2n) is 4.47. The molecule has 1 rings (SSSR count). The minimum Gasteiger partial charge on any atom is -0.328 e. The van der Waals surface area contributed by atoms with Crippen LogP contribution in [0.1, 0.15) is 29.3 Å². The molecule has 0 bridgehead atoms. The number of thiophene rings is 1. The molecule has 0 radical (unpaired) electrons. The van der Waals surface area contributed by atoms with Gasteiger partial charge in [-0.2, -0.15) is 17.0 Å². The Hall–Kier alpha value is -1.03. The molecular formula is C13H19N3OS2. The number of amides is 1. The van der Waals surface area contributed by atoms with Crippen molar-refractivity contribution in [3.63, 3.8) is 0 Å². The number of rotatable bonds is 6. The van der Waals surface area contributed by atoms with Crippen molar-refractivity contribution in [1.29, 1.82) is 5.26 Å². The summed E-state index contributed by atoms with van der Waals surface area (Å²) in [6, 6.07) is 2.31. The normalized spacial score (nSPS) is 11.9. The van der Waals surface area contributed by atoms with Crippen LogP contribution in [0.4, 0.5) is 5.00 Å². The fraction of sp³-hybridized carbons (Fsp3) is 0.538. The lowest BCUT2D eigenvalue weighted by atomic mass is 10.2. The van der Waals surface area contributed by atoms with Crippen LogP contribution in [0.25, 0.3) is 0 Å². The number of hydrogen-bond donors (Lipinski definition) is 2. The third-order valence-corrected chi connectivity index (χ3v) is 4.81. The van der Waals surface area contributed by atoms with Crippen LogP contribution in [0.15, 0.2) is 0 Å². The van der Waals surface area contributed by atoms with E-state index in [0.29, 0.717) is 16.3 Å². The predicted molar refractivity (Wildman–Crippen MR) is 82.7 cm³/mol. The van der Waals surface area contributed by atoms with Crippen molar-refractivity contribution in [3.05, 3.63) is 16.0 Å². The Morgan fingerprint density at radius 2 is 2.26 bits per heavy atom. The average Bonchev–Trinajstić information content (AvgIpc) is 2.60. The van der Waals surface area contributed by atoms with Gasteiger partial charge in [0.1, 0.15) is 11.1 Å². The Kier molecular flexibility index (Phi) is 6.35. The van der Waals surface area contributed by atoms with Crippen LogP contribution in [0.2, 0.25) is 0 Å². The van der Waals surface area contributed by atoms with Crippen LogP contribution in [-0.2, 0) is 4.79 Å². The van der Waals surface area contributed by atoms with Gasteiger partial charge < -0.3 is 11.1 Å². The quantitative estimate of drug-likeness (QED) is 0.791. The van der Waals surface area contributed by atoms with E-state index in [9.17, 15) is 4.79 Å². The fourth-order valence-corrected chi connectivity index (χ4v) is 3.41. The van der Waals surface area contributed by atoms with Gasteiger partial charge in [-0.3, -0.25) is 4.79 Å². The molecule has 0 saturated carbocycles. The van der Waals surface area contributed by atoms with Gasteiger partial charge >= 0.3 is 0 Å². The van der Waals surface area contributed by atoms with Crippen LogP contribution in [0.3, 0.4) is 0 Å². The second-order valence-corrected chi connectivity index (χ2v) is 6.80. The van der Waals surface area contributed by atoms with Crippen LogP contribution in [0.5, 0.6) is 0 Å². The number of thioether (sulfide) groups is 1. The predicted octanol–water partition coefficient (Wildman–Crippen LogP) is 2.65. The van der Waals surface area contributed by atoms with Gasteiger partial charge in [-0.25, -0.2) is 0 Å². The number of nitriles is 1. The maximum atomic E-state index is 11.8. The molecule has 0 spiro atoms. The van der Waals surface area contributed by atoms with Crippen molar-refractivity contribution in [1.82, 2.24) is 0 Å². The van der Waals surface area contributed by atoms with Crippen molar-refractivity contribution in [2.24, 2.45) is 5.73 Å². The maximum Gasteiger partial charge on any atom is 0.235 e. The molecule has 1 heterocycles. The van der Waals surface area contributed by atoms with Crippen LogP contribution < -0.4 is 11.1 Å². The van der Waals surface area contributed by atoms with Crippen LogP contribution in [0, 0.1) is 25.2 Å². The highest BCUT2D eigenvalue weighted by Crippen LogP contribution is 2.31. The zero-order valence-corrected chi connectivity index (χ0v) is 13.1. The van der Waals surface area contributed by atoms with Crippen LogP contribution >= 0.6 is 23.1 Å². The molecule has 4 nitrogen and oxygen atoms in total. The zero-order chi connectivity index (χ0) is 14.4. The number of carbonyl (C=O) groups is 1. The molecule has 1 atom stereocenters. The molecule has 19 heavy (non-hydrogen) atoms. The lowest BCUT2D eigenvalue weighted by molar-refractivity contribution is -0.113. The molecule has 104 valence electrons. The van der Waals surface area contributed by atoms with Crippen molar-refractivity contribution in [2.45, 2.75) is 33.2 Å². The number of carbonyl (C=O) groups excluding carboxylic acids is 1. The SMILES string of the molecule is Cc1sc(NC(=O)CSCCC(C)N)c(C#N)c1C. The number of nitrogens with zero attached hydrogens (tertiary/aromatic N) is 1. The molecule has 0 aliphatic carbocycles. The first-order chi connectivity index (χ1) is 8.95. The van der Waals surface area contributed by atoms with E-state index in [4.69, 9.17) is 11.0 Å². The van der Waals surface area contributed by atoms with E-state index in [2.05, 4.69) is 11.4 Å². The zero-order valence-electron chi connectivity index (χ0n) is 11.4. The Bertz CT molecular complexity index is 489. The summed E-state index contributed by atoms with van der Waals surface area (Å²) >= 11 is 3.02. The lowest BCUT2D eigenvalue weighted by Gasteiger charge is -2.05. The molecule has 1 amide bonds. The van der Waals surface area contributed by atoms with Crippen molar-refractivity contribution >= 4 is 34.0 Å². The first kappa shape index (κ1) is 16.0. The third kappa shape index (κ3) is 4.86. The summed E-state index contributed by atoms with van der Waals surface area (Å²) in [5.41, 5.74) is 7.17. The van der Waals surface area contributed by atoms with Gasteiger partial charge in [-0.1, -0.05) is 0 Å². The van der Waals surface area contributed by atoms with Crippen molar-refractivity contribution in [3.8, 4) is 6.07 Å². The Morgan fingerprint density at radius 3 is 2.84 bits per heavy atom. The standard InChI is InChI=1S/C13H19N3OS2/c1-8(15)4-5-18-7-12(17)16-13-11(6-14)9(2)10(3)19-13/h8H,4-5,7,15H2,1-3H3,(H,16,17). The summed E-state index contributed by atoms with van der Waals surface area (Å²) in [4.78, 5) is 12.8. The number of aryl methyl sites for hydroxylation is 1. The van der Waals surface area contributed by atoms with Gasteiger partial charge in [0.25, 0.3) is 0 Å². The van der Waals surface area contributed by atoms with Crippen molar-refractivity contribution < 1.29 is 4.79 Å². The summed E-state index contributed by atoms with van der Waals surface area (Å²) < 4.78 is 0. The highest BCUT2D eigenvalue weighted by atomic mass is 32.2. The summed E-state index contributed by atoms with van der Waals surface area (Å²) in [6.07, 6.45) is 0.901. The Labute approximate surface area is 122 Å². The third-order valence-electron chi connectivity index (χ3n) is 2.70. The van der Waals surface area contributed by atoms with Gasteiger partial charge in [0, 0.05) is 10.9 Å². The molecule has 0 aliphatic heterocycles. The second kappa shape index (κ2) is 7.53. The summed E-state index contributed by atoms with van der Waals surface area (Å²) in [5, 5.41) is 12.6. The van der Waals surface area contributed by atoms with Crippen LogP contribution in [-0.4, -0.2) is 23.5 Å². The molecule has 1 aromatic heterocycles. The van der Waals surface area contributed by atoms with E-state index >= 15 is 0 Å². The highest BCUT2D eigenvalue weighted by Gasteiger charge is 2.14. The monoisotopic (exact) mass is 297 g/mol. The molecule has 0 aromatic carbocycles. The van der Waals surface area contributed by atoms with E-state index in [1.807, 2.05) is 20.8 Å². The summed E-state index contributed by atoms with van der Waals surface area (Å²) in [5.74, 6) is 1.21. The lowest BCUT2D eigenvalue weighted by Crippen LogP contribution is -2.17. The molecule has 0 fully saturated rings. The fourth-order valence-electron chi connectivity index (χ4n) is 1.45. The summed E-state index contributed by atoms with van der Waals surface area (Å²) in [6.45, 7) is 5.81. The van der Waals surface area contributed by atoms with Gasteiger partial charge in [-0.05, 0) is 38.5 Å². The average molecular weight is 297 g/mol. The van der Waals surface area contributed by atoms with E-state index in [1.165, 1.54) is 11.3 Å².